The van der Waals surface area contributed by atoms with Crippen LogP contribution in [0.15, 0.2) is 30.3 Å². The average Bonchev–Trinajstić information content (AvgIpc) is 2.34. The SMILES string of the molecule is Cc1ccc(Nc2ccc(Cl)c(C(=O)O)n2)c(C)c1. The predicted octanol–water partition coefficient (Wildman–Crippen LogP) is 3.79. The van der Waals surface area contributed by atoms with Crippen LogP contribution in [0.5, 0.6) is 0 Å². The largest absolute Gasteiger partial charge is 0.476 e. The Hall–Kier alpha value is -2.07. The molecule has 0 atom stereocenters. The quantitative estimate of drug-likeness (QED) is 0.895. The fraction of sp³-hybridized carbons (Fsp3) is 0.143. The van der Waals surface area contributed by atoms with Gasteiger partial charge in [0.15, 0.2) is 5.69 Å². The second-order valence-electron chi connectivity index (χ2n) is 4.28. The summed E-state index contributed by atoms with van der Waals surface area (Å²) in [4.78, 5) is 15.0. The number of pyridine rings is 1. The van der Waals surface area contributed by atoms with Gasteiger partial charge in [-0.05, 0) is 37.6 Å². The number of aryl methyl sites for hydroxylation is 2. The molecule has 4 nitrogen and oxygen atoms in total. The van der Waals surface area contributed by atoms with Gasteiger partial charge in [0, 0.05) is 5.69 Å². The molecule has 0 bridgehead atoms. The number of hydrogen-bond donors (Lipinski definition) is 2. The molecule has 0 unspecified atom stereocenters. The van der Waals surface area contributed by atoms with Gasteiger partial charge >= 0.3 is 5.97 Å². The van der Waals surface area contributed by atoms with Gasteiger partial charge in [-0.3, -0.25) is 0 Å². The summed E-state index contributed by atoms with van der Waals surface area (Å²) in [5.74, 6) is -0.692. The number of benzene rings is 1. The van der Waals surface area contributed by atoms with Gasteiger partial charge in [-0.25, -0.2) is 9.78 Å². The average molecular weight is 277 g/mol. The lowest BCUT2D eigenvalue weighted by molar-refractivity contribution is 0.0691. The molecule has 1 aromatic carbocycles. The van der Waals surface area contributed by atoms with Crippen LogP contribution in [0.25, 0.3) is 0 Å². The molecule has 5 heteroatoms. The van der Waals surface area contributed by atoms with Crippen molar-refractivity contribution < 1.29 is 9.90 Å². The van der Waals surface area contributed by atoms with Crippen molar-refractivity contribution in [3.63, 3.8) is 0 Å². The number of carboxylic acids is 1. The number of nitrogens with one attached hydrogen (secondary N) is 1. The van der Waals surface area contributed by atoms with E-state index in [0.717, 1.165) is 11.3 Å². The Morgan fingerprint density at radius 3 is 2.63 bits per heavy atom. The Labute approximate surface area is 116 Å². The second kappa shape index (κ2) is 5.28. The van der Waals surface area contributed by atoms with Crippen LogP contribution in [0.2, 0.25) is 5.02 Å². The first kappa shape index (κ1) is 13.4. The van der Waals surface area contributed by atoms with E-state index in [2.05, 4.69) is 10.3 Å². The number of halogens is 1. The smallest absolute Gasteiger partial charge is 0.356 e. The predicted molar refractivity (Wildman–Crippen MR) is 75.4 cm³/mol. The lowest BCUT2D eigenvalue weighted by Crippen LogP contribution is -2.04. The van der Waals surface area contributed by atoms with E-state index in [4.69, 9.17) is 16.7 Å². The number of aromatic carboxylic acids is 1. The van der Waals surface area contributed by atoms with Crippen molar-refractivity contribution in [2.45, 2.75) is 13.8 Å². The van der Waals surface area contributed by atoms with Crippen molar-refractivity contribution in [3.05, 3.63) is 52.2 Å². The van der Waals surface area contributed by atoms with E-state index in [1.807, 2.05) is 32.0 Å². The summed E-state index contributed by atoms with van der Waals surface area (Å²) in [6.07, 6.45) is 0. The van der Waals surface area contributed by atoms with Crippen LogP contribution in [0.1, 0.15) is 21.6 Å². The van der Waals surface area contributed by atoms with Crippen molar-refractivity contribution in [2.75, 3.05) is 5.32 Å². The van der Waals surface area contributed by atoms with Gasteiger partial charge < -0.3 is 10.4 Å². The number of nitrogens with zero attached hydrogens (tertiary/aromatic N) is 1. The molecule has 1 heterocycles. The highest BCUT2D eigenvalue weighted by Gasteiger charge is 2.11. The molecular formula is C14H13ClN2O2. The lowest BCUT2D eigenvalue weighted by Gasteiger charge is -2.10. The Bertz CT molecular complexity index is 641. The summed E-state index contributed by atoms with van der Waals surface area (Å²) in [6.45, 7) is 3.99. The summed E-state index contributed by atoms with van der Waals surface area (Å²) in [5.41, 5.74) is 2.96. The van der Waals surface area contributed by atoms with E-state index in [9.17, 15) is 4.79 Å². The van der Waals surface area contributed by atoms with E-state index >= 15 is 0 Å². The van der Waals surface area contributed by atoms with Gasteiger partial charge in [0.05, 0.1) is 5.02 Å². The molecule has 98 valence electrons. The van der Waals surface area contributed by atoms with E-state index in [1.54, 1.807) is 6.07 Å². The third kappa shape index (κ3) is 3.03. The summed E-state index contributed by atoms with van der Waals surface area (Å²) in [6, 6.07) is 9.11. The number of hydrogen-bond acceptors (Lipinski definition) is 3. The highest BCUT2D eigenvalue weighted by Crippen LogP contribution is 2.22. The van der Waals surface area contributed by atoms with E-state index < -0.39 is 5.97 Å². The van der Waals surface area contributed by atoms with Crippen molar-refractivity contribution in [2.24, 2.45) is 0 Å². The molecule has 0 amide bonds. The topological polar surface area (TPSA) is 62.2 Å². The standard InChI is InChI=1S/C14H13ClN2O2/c1-8-3-5-11(9(2)7-8)16-12-6-4-10(15)13(17-12)14(18)19/h3-7H,1-2H3,(H,16,17)(H,18,19). The van der Waals surface area contributed by atoms with Gasteiger partial charge in [0.25, 0.3) is 0 Å². The van der Waals surface area contributed by atoms with Crippen molar-refractivity contribution in [1.82, 2.24) is 4.98 Å². The Morgan fingerprint density at radius 2 is 2.00 bits per heavy atom. The first-order valence-corrected chi connectivity index (χ1v) is 6.09. The van der Waals surface area contributed by atoms with Crippen LogP contribution in [-0.4, -0.2) is 16.1 Å². The first-order chi connectivity index (χ1) is 8.97. The van der Waals surface area contributed by atoms with Gasteiger partial charge in [-0.2, -0.15) is 0 Å². The molecule has 0 aliphatic rings. The van der Waals surface area contributed by atoms with Crippen LogP contribution in [0.4, 0.5) is 11.5 Å². The van der Waals surface area contributed by atoms with Crippen LogP contribution >= 0.6 is 11.6 Å². The van der Waals surface area contributed by atoms with Gasteiger partial charge in [-0.1, -0.05) is 29.3 Å². The summed E-state index contributed by atoms with van der Waals surface area (Å²) in [7, 11) is 0. The molecule has 2 N–H and O–H groups in total. The third-order valence-corrected chi connectivity index (χ3v) is 3.00. The molecular weight excluding hydrogens is 264 g/mol. The highest BCUT2D eigenvalue weighted by molar-refractivity contribution is 6.33. The maximum Gasteiger partial charge on any atom is 0.356 e. The number of carbonyl (C=O) groups is 1. The zero-order chi connectivity index (χ0) is 14.0. The normalized spacial score (nSPS) is 10.3. The van der Waals surface area contributed by atoms with E-state index in [1.165, 1.54) is 11.6 Å². The number of rotatable bonds is 3. The summed E-state index contributed by atoms with van der Waals surface area (Å²) >= 11 is 5.78. The van der Waals surface area contributed by atoms with Crippen LogP contribution < -0.4 is 5.32 Å². The maximum atomic E-state index is 11.0. The molecule has 0 fully saturated rings. The van der Waals surface area contributed by atoms with Gasteiger partial charge in [0.1, 0.15) is 5.82 Å². The second-order valence-corrected chi connectivity index (χ2v) is 4.68. The fourth-order valence-corrected chi connectivity index (χ4v) is 1.94. The van der Waals surface area contributed by atoms with Crippen LogP contribution in [-0.2, 0) is 0 Å². The fourth-order valence-electron chi connectivity index (χ4n) is 1.75. The minimum Gasteiger partial charge on any atom is -0.476 e. The van der Waals surface area contributed by atoms with Crippen molar-refractivity contribution in [3.8, 4) is 0 Å². The molecule has 2 rings (SSSR count). The number of aromatic nitrogens is 1. The number of carboxylic acid groups (broad SMARTS) is 1. The van der Waals surface area contributed by atoms with Gasteiger partial charge in [-0.15, -0.1) is 0 Å². The van der Waals surface area contributed by atoms with Crippen LogP contribution in [0.3, 0.4) is 0 Å². The molecule has 1 aromatic heterocycles. The maximum absolute atomic E-state index is 11.0. The summed E-state index contributed by atoms with van der Waals surface area (Å²) in [5, 5.41) is 12.2. The molecule has 0 aliphatic heterocycles. The molecule has 0 saturated carbocycles. The lowest BCUT2D eigenvalue weighted by atomic mass is 10.1. The minimum atomic E-state index is -1.14. The Morgan fingerprint density at radius 1 is 1.26 bits per heavy atom. The number of anilines is 2. The van der Waals surface area contributed by atoms with Crippen LogP contribution in [0, 0.1) is 13.8 Å². The van der Waals surface area contributed by atoms with E-state index in [0.29, 0.717) is 5.82 Å². The molecule has 2 aromatic rings. The molecule has 0 radical (unpaired) electrons. The van der Waals surface area contributed by atoms with Crippen molar-refractivity contribution >= 4 is 29.1 Å². The zero-order valence-electron chi connectivity index (χ0n) is 10.6. The molecule has 19 heavy (non-hydrogen) atoms. The summed E-state index contributed by atoms with van der Waals surface area (Å²) < 4.78 is 0. The minimum absolute atomic E-state index is 0.124. The molecule has 0 saturated heterocycles. The van der Waals surface area contributed by atoms with E-state index in [-0.39, 0.29) is 10.7 Å². The third-order valence-electron chi connectivity index (χ3n) is 2.69. The Kier molecular flexibility index (Phi) is 3.71. The molecule has 0 spiro atoms. The zero-order valence-corrected chi connectivity index (χ0v) is 11.3. The van der Waals surface area contributed by atoms with Gasteiger partial charge in [0.2, 0.25) is 0 Å². The monoisotopic (exact) mass is 276 g/mol. The van der Waals surface area contributed by atoms with Crippen molar-refractivity contribution in [1.29, 1.82) is 0 Å². The first-order valence-electron chi connectivity index (χ1n) is 5.71. The highest BCUT2D eigenvalue weighted by atomic mass is 35.5. The molecule has 0 aliphatic carbocycles. The Balaban J connectivity index is 2.33.